The fraction of sp³-hybridized carbons (Fsp3) is 0. The van der Waals surface area contributed by atoms with Gasteiger partial charge in [0.1, 0.15) is 5.58 Å². The van der Waals surface area contributed by atoms with Crippen molar-refractivity contribution in [1.82, 2.24) is 48.2 Å². The lowest BCUT2D eigenvalue weighted by molar-refractivity contribution is 0.666. The molecule has 16 aromatic carbocycles. The van der Waals surface area contributed by atoms with E-state index in [1.54, 1.807) is 0 Å². The van der Waals surface area contributed by atoms with Crippen molar-refractivity contribution in [3.8, 4) is 102 Å². The van der Waals surface area contributed by atoms with E-state index in [1.807, 2.05) is 133 Å². The molecule has 0 saturated carbocycles. The Kier molecular flexibility index (Phi) is 15.3. The number of benzene rings is 16. The van der Waals surface area contributed by atoms with Crippen LogP contribution in [0.25, 0.3) is 211 Å². The first kappa shape index (κ1) is 64.7. The standard InChI is InChI=1S/C51H31N5O.C51H33N5/c1-3-14-32(15-4-1)49-52-50(33-16-5-2-6-17-33)54-51(53-49)56-43-23-11-8-19-37(43)41-31-35(27-29-45(41)56)34-26-28-44-40(30-34)36-18-7-10-22-42(36)55(44)46-24-13-21-39-38-20-9-12-25-47(38)57-48(39)46;1-4-14-34(15-5-1)35-24-28-40(29-25-35)55-45-22-12-10-20-41(45)43-32-38(26-30-47(43)55)39-27-31-48-44(33-39)42-21-11-13-23-46(42)56(48)51-53-49(36-16-6-2-7-17-36)52-50(54-51)37-18-8-3-9-19-37/h1-31H;1-33H. The third-order valence-corrected chi connectivity index (χ3v) is 22.0. The van der Waals surface area contributed by atoms with Crippen molar-refractivity contribution < 1.29 is 4.42 Å². The van der Waals surface area contributed by atoms with E-state index in [4.69, 9.17) is 34.3 Å². The van der Waals surface area contributed by atoms with Crippen LogP contribution in [0.4, 0.5) is 0 Å². The molecule has 0 aliphatic carbocycles. The summed E-state index contributed by atoms with van der Waals surface area (Å²) in [7, 11) is 0. The smallest absolute Gasteiger partial charge is 0.238 e. The van der Waals surface area contributed by atoms with Crippen LogP contribution in [0.3, 0.4) is 0 Å². The largest absolute Gasteiger partial charge is 0.454 e. The molecule has 11 nitrogen and oxygen atoms in total. The minimum Gasteiger partial charge on any atom is -0.454 e. The zero-order valence-corrected chi connectivity index (χ0v) is 60.8. The quantitative estimate of drug-likeness (QED) is 0.127. The number of para-hydroxylation sites is 6. The molecule has 113 heavy (non-hydrogen) atoms. The molecular weight excluding hydrogens is 1380 g/mol. The van der Waals surface area contributed by atoms with Gasteiger partial charge in [-0.15, -0.1) is 0 Å². The summed E-state index contributed by atoms with van der Waals surface area (Å²) in [5, 5.41) is 11.6. The number of hydrogen-bond donors (Lipinski definition) is 0. The molecule has 0 radical (unpaired) electrons. The van der Waals surface area contributed by atoms with E-state index in [0.29, 0.717) is 35.2 Å². The fourth-order valence-electron chi connectivity index (χ4n) is 16.7. The molecule has 0 aliphatic rings. The van der Waals surface area contributed by atoms with Crippen molar-refractivity contribution in [2.75, 3.05) is 0 Å². The Morgan fingerprint density at radius 1 is 0.177 bits per heavy atom. The molecule has 7 aromatic heterocycles. The van der Waals surface area contributed by atoms with Gasteiger partial charge in [-0.2, -0.15) is 19.9 Å². The second kappa shape index (κ2) is 26.7. The molecule has 0 saturated heterocycles. The van der Waals surface area contributed by atoms with Crippen LogP contribution in [0.1, 0.15) is 0 Å². The zero-order valence-electron chi connectivity index (χ0n) is 60.8. The van der Waals surface area contributed by atoms with Crippen LogP contribution < -0.4 is 0 Å². The molecule has 528 valence electrons. The number of furan rings is 1. The Bertz CT molecular complexity index is 7540. The maximum atomic E-state index is 6.53. The van der Waals surface area contributed by atoms with Crippen molar-refractivity contribution in [1.29, 1.82) is 0 Å². The summed E-state index contributed by atoms with van der Waals surface area (Å²) < 4.78 is 15.6. The van der Waals surface area contributed by atoms with Crippen LogP contribution in [-0.2, 0) is 0 Å². The third-order valence-electron chi connectivity index (χ3n) is 22.0. The van der Waals surface area contributed by atoms with Crippen LogP contribution >= 0.6 is 0 Å². The van der Waals surface area contributed by atoms with E-state index in [-0.39, 0.29) is 0 Å². The average molecular weight is 1450 g/mol. The molecule has 7 heterocycles. The summed E-state index contributed by atoms with van der Waals surface area (Å²) in [5.41, 5.74) is 23.5. The van der Waals surface area contributed by atoms with Gasteiger partial charge in [0.05, 0.1) is 49.8 Å². The summed E-state index contributed by atoms with van der Waals surface area (Å²) in [6.07, 6.45) is 0. The van der Waals surface area contributed by atoms with Crippen LogP contribution in [0.2, 0.25) is 0 Å². The zero-order chi connectivity index (χ0) is 74.5. The van der Waals surface area contributed by atoms with Crippen LogP contribution in [-0.4, -0.2) is 48.2 Å². The van der Waals surface area contributed by atoms with Crippen molar-refractivity contribution in [3.05, 3.63) is 388 Å². The molecule has 0 amide bonds. The average Bonchev–Trinajstić information content (AvgIpc) is 1.58. The summed E-state index contributed by atoms with van der Waals surface area (Å²) in [6.45, 7) is 0. The lowest BCUT2D eigenvalue weighted by Crippen LogP contribution is -2.06. The SMILES string of the molecule is c1ccc(-c2ccc(-n3c4ccccc4c4cc(-c5ccc6c(c5)c5ccccc5n6-c5nc(-c6ccccc6)nc(-c6ccccc6)n5)ccc43)cc2)cc1.c1ccc(-c2nc(-c3ccccc3)nc(-n3c4ccccc4c4cc(-c5ccc6c(c5)c5ccccc5n6-c5cccc6c5oc5ccccc56)ccc43)n2)cc1. The van der Waals surface area contributed by atoms with Crippen molar-refractivity contribution in [2.24, 2.45) is 0 Å². The highest BCUT2D eigenvalue weighted by molar-refractivity contribution is 6.16. The summed E-state index contributed by atoms with van der Waals surface area (Å²) in [4.78, 5) is 30.3. The Morgan fingerprint density at radius 3 is 0.858 bits per heavy atom. The number of rotatable bonds is 11. The van der Waals surface area contributed by atoms with Crippen LogP contribution in [0.5, 0.6) is 0 Å². The fourth-order valence-corrected chi connectivity index (χ4v) is 16.7. The predicted octanol–water partition coefficient (Wildman–Crippen LogP) is 25.7. The first-order valence-electron chi connectivity index (χ1n) is 38.0. The van der Waals surface area contributed by atoms with Gasteiger partial charge in [-0.3, -0.25) is 9.13 Å². The highest BCUT2D eigenvalue weighted by Crippen LogP contribution is 2.44. The first-order chi connectivity index (χ1) is 56.0. The Hall–Kier alpha value is -15.5. The molecule has 0 unspecified atom stereocenters. The normalized spacial score (nSPS) is 11.7. The van der Waals surface area contributed by atoms with Gasteiger partial charge < -0.3 is 13.6 Å². The Morgan fingerprint density at radius 2 is 0.460 bits per heavy atom. The van der Waals surface area contributed by atoms with Gasteiger partial charge in [0, 0.05) is 81.8 Å². The van der Waals surface area contributed by atoms with Crippen molar-refractivity contribution >= 4 is 109 Å². The van der Waals surface area contributed by atoms with E-state index in [9.17, 15) is 0 Å². The highest BCUT2D eigenvalue weighted by Gasteiger charge is 2.24. The van der Waals surface area contributed by atoms with E-state index in [0.717, 1.165) is 132 Å². The highest BCUT2D eigenvalue weighted by atomic mass is 16.3. The molecule has 0 fully saturated rings. The third kappa shape index (κ3) is 11.0. The minimum absolute atomic E-state index is 0.579. The lowest BCUT2D eigenvalue weighted by atomic mass is 10.0. The maximum Gasteiger partial charge on any atom is 0.238 e. The minimum atomic E-state index is 0.579. The first-order valence-corrected chi connectivity index (χ1v) is 38.0. The molecule has 23 rings (SSSR count). The maximum absolute atomic E-state index is 6.53. The number of nitrogens with zero attached hydrogens (tertiary/aromatic N) is 10. The van der Waals surface area contributed by atoms with Crippen molar-refractivity contribution in [2.45, 2.75) is 0 Å². The monoisotopic (exact) mass is 1440 g/mol. The topological polar surface area (TPSA) is 110 Å². The summed E-state index contributed by atoms with van der Waals surface area (Å²) in [5.74, 6) is 3.70. The predicted molar refractivity (Wildman–Crippen MR) is 462 cm³/mol. The molecule has 0 bridgehead atoms. The second-order valence-corrected chi connectivity index (χ2v) is 28.5. The molecule has 23 aromatic rings. The van der Waals surface area contributed by atoms with Gasteiger partial charge >= 0.3 is 0 Å². The lowest BCUT2D eigenvalue weighted by Gasteiger charge is -2.11. The number of aromatic nitrogens is 10. The van der Waals surface area contributed by atoms with Gasteiger partial charge in [-0.1, -0.05) is 291 Å². The molecule has 11 heteroatoms. The molecule has 0 aliphatic heterocycles. The van der Waals surface area contributed by atoms with Crippen molar-refractivity contribution in [3.63, 3.8) is 0 Å². The van der Waals surface area contributed by atoms with Gasteiger partial charge in [-0.05, 0) is 130 Å². The molecular formula is C102H64N10O. The summed E-state index contributed by atoms with van der Waals surface area (Å²) in [6, 6.07) is 136. The van der Waals surface area contributed by atoms with E-state index >= 15 is 0 Å². The van der Waals surface area contributed by atoms with E-state index < -0.39 is 0 Å². The van der Waals surface area contributed by atoms with Crippen LogP contribution in [0.15, 0.2) is 393 Å². The van der Waals surface area contributed by atoms with Crippen LogP contribution in [0, 0.1) is 0 Å². The van der Waals surface area contributed by atoms with E-state index in [2.05, 4.69) is 273 Å². The molecule has 0 atom stereocenters. The van der Waals surface area contributed by atoms with E-state index in [1.165, 1.54) is 43.7 Å². The summed E-state index contributed by atoms with van der Waals surface area (Å²) >= 11 is 0. The Balaban J connectivity index is 0.000000138. The Labute approximate surface area is 648 Å². The van der Waals surface area contributed by atoms with Gasteiger partial charge in [0.25, 0.3) is 0 Å². The van der Waals surface area contributed by atoms with Gasteiger partial charge in [-0.25, -0.2) is 9.97 Å². The molecule has 0 N–H and O–H groups in total. The van der Waals surface area contributed by atoms with Gasteiger partial charge in [0.2, 0.25) is 11.9 Å². The molecule has 0 spiro atoms. The number of fused-ring (bicyclic) bond motifs is 15. The van der Waals surface area contributed by atoms with Gasteiger partial charge in [0.15, 0.2) is 28.9 Å². The number of hydrogen-bond acceptors (Lipinski definition) is 7. The second-order valence-electron chi connectivity index (χ2n) is 28.5.